The maximum atomic E-state index is 11.8. The van der Waals surface area contributed by atoms with Crippen molar-refractivity contribution < 1.29 is 22.6 Å². The van der Waals surface area contributed by atoms with Crippen LogP contribution in [-0.2, 0) is 4.74 Å². The molecule has 0 saturated carbocycles. The number of hydrogen-bond acceptors (Lipinski definition) is 3. The third-order valence-electron chi connectivity index (χ3n) is 1.99. The van der Waals surface area contributed by atoms with Crippen LogP contribution in [0, 0.1) is 5.41 Å². The SMILES string of the molecule is N=C(N)c1ccc(OCCOCC(F)(F)F)c(Cl)c1. The first-order valence-corrected chi connectivity index (χ1v) is 5.58. The highest BCUT2D eigenvalue weighted by atomic mass is 35.5. The van der Waals surface area contributed by atoms with E-state index >= 15 is 0 Å². The van der Waals surface area contributed by atoms with Crippen LogP contribution < -0.4 is 10.5 Å². The second-order valence-corrected chi connectivity index (χ2v) is 3.98. The van der Waals surface area contributed by atoms with E-state index < -0.39 is 12.8 Å². The molecule has 0 aliphatic heterocycles. The molecule has 0 unspecified atom stereocenters. The summed E-state index contributed by atoms with van der Waals surface area (Å²) in [6.45, 7) is -1.58. The Morgan fingerprint density at radius 2 is 2.00 bits per heavy atom. The molecule has 8 heteroatoms. The number of nitrogen functional groups attached to an aromatic ring is 1. The van der Waals surface area contributed by atoms with Gasteiger partial charge >= 0.3 is 6.18 Å². The largest absolute Gasteiger partial charge is 0.490 e. The third kappa shape index (κ3) is 5.80. The maximum absolute atomic E-state index is 11.8. The number of ether oxygens (including phenoxy) is 2. The molecule has 1 aromatic rings. The van der Waals surface area contributed by atoms with Crippen LogP contribution in [0.25, 0.3) is 0 Å². The number of nitrogens with two attached hydrogens (primary N) is 1. The van der Waals surface area contributed by atoms with Crippen molar-refractivity contribution in [3.8, 4) is 5.75 Å². The number of rotatable bonds is 6. The summed E-state index contributed by atoms with van der Waals surface area (Å²) in [7, 11) is 0. The van der Waals surface area contributed by atoms with Crippen molar-refractivity contribution in [2.45, 2.75) is 6.18 Å². The van der Waals surface area contributed by atoms with Gasteiger partial charge in [0.25, 0.3) is 0 Å². The minimum absolute atomic E-state index is 0.0603. The fourth-order valence-electron chi connectivity index (χ4n) is 1.18. The molecule has 4 nitrogen and oxygen atoms in total. The quantitative estimate of drug-likeness (QED) is 0.481. The van der Waals surface area contributed by atoms with Gasteiger partial charge in [0.15, 0.2) is 0 Å². The molecule has 0 spiro atoms. The zero-order chi connectivity index (χ0) is 14.5. The summed E-state index contributed by atoms with van der Waals surface area (Å²) in [6, 6.07) is 4.46. The summed E-state index contributed by atoms with van der Waals surface area (Å²) < 4.78 is 44.8. The van der Waals surface area contributed by atoms with Gasteiger partial charge in [-0.1, -0.05) is 11.6 Å². The number of alkyl halides is 3. The lowest BCUT2D eigenvalue weighted by Crippen LogP contribution is -2.19. The molecule has 0 radical (unpaired) electrons. The Hall–Kier alpha value is -1.47. The first-order chi connectivity index (χ1) is 8.79. The summed E-state index contributed by atoms with van der Waals surface area (Å²) in [5.74, 6) is 0.157. The molecule has 0 fully saturated rings. The lowest BCUT2D eigenvalue weighted by molar-refractivity contribution is -0.175. The lowest BCUT2D eigenvalue weighted by Gasteiger charge is -2.10. The van der Waals surface area contributed by atoms with Crippen LogP contribution in [0.3, 0.4) is 0 Å². The second-order valence-electron chi connectivity index (χ2n) is 3.58. The molecule has 0 amide bonds. The topological polar surface area (TPSA) is 68.3 Å². The zero-order valence-corrected chi connectivity index (χ0v) is 10.5. The number of nitrogens with one attached hydrogen (secondary N) is 1. The molecule has 0 bridgehead atoms. The van der Waals surface area contributed by atoms with Crippen molar-refractivity contribution in [3.05, 3.63) is 28.8 Å². The number of benzene rings is 1. The van der Waals surface area contributed by atoms with Crippen LogP contribution >= 0.6 is 11.6 Å². The van der Waals surface area contributed by atoms with Gasteiger partial charge in [-0.2, -0.15) is 13.2 Å². The van der Waals surface area contributed by atoms with E-state index in [0.29, 0.717) is 11.3 Å². The van der Waals surface area contributed by atoms with E-state index in [9.17, 15) is 13.2 Å². The Morgan fingerprint density at radius 1 is 1.32 bits per heavy atom. The molecule has 0 heterocycles. The second kappa shape index (κ2) is 6.63. The van der Waals surface area contributed by atoms with Gasteiger partial charge in [-0.25, -0.2) is 0 Å². The normalized spacial score (nSPS) is 11.4. The van der Waals surface area contributed by atoms with E-state index in [1.54, 1.807) is 0 Å². The monoisotopic (exact) mass is 296 g/mol. The Kier molecular flexibility index (Phi) is 5.44. The molecule has 106 valence electrons. The van der Waals surface area contributed by atoms with Gasteiger partial charge in [-0.15, -0.1) is 0 Å². The first-order valence-electron chi connectivity index (χ1n) is 5.21. The summed E-state index contributed by atoms with van der Waals surface area (Å²) in [4.78, 5) is 0. The van der Waals surface area contributed by atoms with Crippen LogP contribution in [-0.4, -0.2) is 31.8 Å². The van der Waals surface area contributed by atoms with Gasteiger partial charge in [0, 0.05) is 5.56 Å². The molecule has 3 N–H and O–H groups in total. The molecule has 0 atom stereocenters. The minimum atomic E-state index is -4.35. The lowest BCUT2D eigenvalue weighted by atomic mass is 10.2. The molecule has 1 rings (SSSR count). The smallest absolute Gasteiger partial charge is 0.411 e. The van der Waals surface area contributed by atoms with E-state index in [1.165, 1.54) is 18.2 Å². The van der Waals surface area contributed by atoms with Gasteiger partial charge in [0.1, 0.15) is 24.8 Å². The molecule has 0 aliphatic carbocycles. The fourth-order valence-corrected chi connectivity index (χ4v) is 1.42. The highest BCUT2D eigenvalue weighted by molar-refractivity contribution is 6.32. The van der Waals surface area contributed by atoms with Crippen LogP contribution in [0.15, 0.2) is 18.2 Å². The minimum Gasteiger partial charge on any atom is -0.490 e. The van der Waals surface area contributed by atoms with Crippen LogP contribution in [0.5, 0.6) is 5.75 Å². The Morgan fingerprint density at radius 3 is 2.53 bits per heavy atom. The third-order valence-corrected chi connectivity index (χ3v) is 2.29. The van der Waals surface area contributed by atoms with E-state index in [1.807, 2.05) is 0 Å². The predicted octanol–water partition coefficient (Wildman–Crippen LogP) is 2.58. The molecular weight excluding hydrogens is 285 g/mol. The Balaban J connectivity index is 2.40. The molecule has 0 saturated heterocycles. The average Bonchev–Trinajstić information content (AvgIpc) is 2.28. The van der Waals surface area contributed by atoms with Crippen molar-refractivity contribution in [1.82, 2.24) is 0 Å². The van der Waals surface area contributed by atoms with Crippen molar-refractivity contribution >= 4 is 17.4 Å². The van der Waals surface area contributed by atoms with Gasteiger partial charge < -0.3 is 15.2 Å². The number of hydrogen-bond donors (Lipinski definition) is 2. The summed E-state index contributed by atoms with van der Waals surface area (Å²) in [5.41, 5.74) is 5.71. The molecular formula is C11H12ClF3N2O2. The van der Waals surface area contributed by atoms with E-state index in [-0.39, 0.29) is 24.1 Å². The van der Waals surface area contributed by atoms with Crippen molar-refractivity contribution in [2.75, 3.05) is 19.8 Å². The Labute approximate surface area is 112 Å². The molecule has 19 heavy (non-hydrogen) atoms. The summed E-state index contributed by atoms with van der Waals surface area (Å²) in [5, 5.41) is 7.43. The zero-order valence-electron chi connectivity index (χ0n) is 9.76. The fraction of sp³-hybridized carbons (Fsp3) is 0.364. The van der Waals surface area contributed by atoms with E-state index in [4.69, 9.17) is 27.5 Å². The number of amidine groups is 1. The highest BCUT2D eigenvalue weighted by Gasteiger charge is 2.27. The average molecular weight is 297 g/mol. The summed E-state index contributed by atoms with van der Waals surface area (Å²) >= 11 is 5.86. The van der Waals surface area contributed by atoms with Crippen LogP contribution in [0.1, 0.15) is 5.56 Å². The van der Waals surface area contributed by atoms with E-state index in [2.05, 4.69) is 4.74 Å². The molecule has 0 aromatic heterocycles. The first kappa shape index (κ1) is 15.6. The van der Waals surface area contributed by atoms with Gasteiger partial charge in [0.2, 0.25) is 0 Å². The highest BCUT2D eigenvalue weighted by Crippen LogP contribution is 2.25. The van der Waals surface area contributed by atoms with E-state index in [0.717, 1.165) is 0 Å². The van der Waals surface area contributed by atoms with Crippen molar-refractivity contribution in [1.29, 1.82) is 5.41 Å². The summed E-state index contributed by atoms with van der Waals surface area (Å²) in [6.07, 6.45) is -4.35. The van der Waals surface area contributed by atoms with Crippen LogP contribution in [0.4, 0.5) is 13.2 Å². The maximum Gasteiger partial charge on any atom is 0.411 e. The van der Waals surface area contributed by atoms with Crippen LogP contribution in [0.2, 0.25) is 5.02 Å². The van der Waals surface area contributed by atoms with Gasteiger partial charge in [-0.3, -0.25) is 5.41 Å². The van der Waals surface area contributed by atoms with Gasteiger partial charge in [0.05, 0.1) is 11.6 Å². The predicted molar refractivity (Wildman–Crippen MR) is 64.8 cm³/mol. The standard InChI is InChI=1S/C11H12ClF3N2O2/c12-8-5-7(10(16)17)1-2-9(8)19-4-3-18-6-11(13,14)15/h1-2,5H,3-4,6H2,(H3,16,17). The molecule has 0 aliphatic rings. The molecule has 1 aromatic carbocycles. The van der Waals surface area contributed by atoms with Gasteiger partial charge in [-0.05, 0) is 18.2 Å². The van der Waals surface area contributed by atoms with Crippen molar-refractivity contribution in [3.63, 3.8) is 0 Å². The Bertz CT molecular complexity index is 452. The number of halogens is 4. The van der Waals surface area contributed by atoms with Crippen molar-refractivity contribution in [2.24, 2.45) is 5.73 Å².